The van der Waals surface area contributed by atoms with E-state index < -0.39 is 5.82 Å². The third-order valence-corrected chi connectivity index (χ3v) is 6.95. The van der Waals surface area contributed by atoms with Gasteiger partial charge in [-0.1, -0.05) is 0 Å². The van der Waals surface area contributed by atoms with Gasteiger partial charge in [-0.2, -0.15) is 0 Å². The molecule has 10 heteroatoms. The summed E-state index contributed by atoms with van der Waals surface area (Å²) >= 11 is 0. The molecule has 2 aliphatic rings. The van der Waals surface area contributed by atoms with E-state index in [1.54, 1.807) is 18.7 Å². The average Bonchev–Trinajstić information content (AvgIpc) is 3.62. The predicted octanol–water partition coefficient (Wildman–Crippen LogP) is 3.61. The normalized spacial score (nSPS) is 16.3. The first-order valence-corrected chi connectivity index (χ1v) is 12.3. The number of hydrogen-bond acceptors (Lipinski definition) is 6. The molecule has 5 rings (SSSR count). The summed E-state index contributed by atoms with van der Waals surface area (Å²) in [4.78, 5) is 38.7. The number of carbonyl (C=O) groups is 2. The Kier molecular flexibility index (Phi) is 6.51. The van der Waals surface area contributed by atoms with E-state index in [1.807, 2.05) is 0 Å². The van der Waals surface area contributed by atoms with Gasteiger partial charge < -0.3 is 24.7 Å². The Bertz CT molecular complexity index is 1310. The Morgan fingerprint density at radius 1 is 1.17 bits per heavy atom. The van der Waals surface area contributed by atoms with Gasteiger partial charge in [-0.05, 0) is 44.6 Å². The zero-order chi connectivity index (χ0) is 25.4. The van der Waals surface area contributed by atoms with Crippen molar-refractivity contribution in [2.24, 2.45) is 5.92 Å². The summed E-state index contributed by atoms with van der Waals surface area (Å²) in [5, 5.41) is 3.09. The van der Waals surface area contributed by atoms with Gasteiger partial charge in [-0.15, -0.1) is 0 Å². The topological polar surface area (TPSA) is 109 Å². The molecule has 1 aliphatic heterocycles. The monoisotopic (exact) mass is 495 g/mol. The first kappa shape index (κ1) is 24.0. The van der Waals surface area contributed by atoms with Crippen molar-refractivity contribution in [3.8, 4) is 22.8 Å². The minimum absolute atomic E-state index is 0.0307. The standard InChI is InChI=1S/C26H30FN5O4/c1-14-22(26(34)31-17-6-8-32(9-7-17)15(2)33)24-25(30-14)23(28-13-29-24)18-10-19(27)21(35-3)11-20(18)36-12-16-4-5-16/h10-11,13,16-17,30H,4-9,12H2,1-3H3,(H,31,34). The maximum atomic E-state index is 14.8. The molecule has 2 amide bonds. The first-order chi connectivity index (χ1) is 17.4. The molecule has 1 aromatic carbocycles. The SMILES string of the molecule is COc1cc(OCC2CC2)c(-c2ncnc3c(C(=O)NC4CCN(C(C)=O)CC4)c(C)[nH]c23)cc1F. The number of rotatable bonds is 7. The highest BCUT2D eigenvalue weighted by Crippen LogP contribution is 2.39. The molecule has 3 aromatic rings. The molecule has 0 radical (unpaired) electrons. The fourth-order valence-corrected chi connectivity index (χ4v) is 4.69. The van der Waals surface area contributed by atoms with Crippen molar-refractivity contribution < 1.29 is 23.5 Å². The lowest BCUT2D eigenvalue weighted by Gasteiger charge is -2.31. The van der Waals surface area contributed by atoms with Gasteiger partial charge in [0.25, 0.3) is 5.91 Å². The fraction of sp³-hybridized carbons (Fsp3) is 0.462. The average molecular weight is 496 g/mol. The molecule has 3 heterocycles. The summed E-state index contributed by atoms with van der Waals surface area (Å²) < 4.78 is 26.0. The van der Waals surface area contributed by atoms with E-state index in [-0.39, 0.29) is 23.6 Å². The zero-order valence-corrected chi connectivity index (χ0v) is 20.7. The number of nitrogens with zero attached hydrogens (tertiary/aromatic N) is 3. The second-order valence-electron chi connectivity index (χ2n) is 9.56. The molecular formula is C26H30FN5O4. The van der Waals surface area contributed by atoms with Crippen LogP contribution in [0, 0.1) is 18.7 Å². The quantitative estimate of drug-likeness (QED) is 0.518. The highest BCUT2D eigenvalue weighted by atomic mass is 19.1. The number of nitrogens with one attached hydrogen (secondary N) is 2. The maximum Gasteiger partial charge on any atom is 0.255 e. The largest absolute Gasteiger partial charge is 0.494 e. The molecule has 1 aliphatic carbocycles. The van der Waals surface area contributed by atoms with Crippen molar-refractivity contribution in [1.82, 2.24) is 25.2 Å². The summed E-state index contributed by atoms with van der Waals surface area (Å²) in [7, 11) is 1.41. The Morgan fingerprint density at radius 2 is 1.92 bits per heavy atom. The van der Waals surface area contributed by atoms with E-state index in [0.29, 0.717) is 77.8 Å². The van der Waals surface area contributed by atoms with Crippen molar-refractivity contribution in [1.29, 1.82) is 0 Å². The summed E-state index contributed by atoms with van der Waals surface area (Å²) in [5.74, 6) is 0.340. The van der Waals surface area contributed by atoms with Crippen LogP contribution in [-0.4, -0.2) is 64.5 Å². The number of fused-ring (bicyclic) bond motifs is 1. The van der Waals surface area contributed by atoms with Gasteiger partial charge in [-0.25, -0.2) is 14.4 Å². The summed E-state index contributed by atoms with van der Waals surface area (Å²) in [6.07, 6.45) is 5.00. The number of halogens is 1. The summed E-state index contributed by atoms with van der Waals surface area (Å²) in [6.45, 7) is 5.13. The lowest BCUT2D eigenvalue weighted by Crippen LogP contribution is -2.46. The van der Waals surface area contributed by atoms with Gasteiger partial charge >= 0.3 is 0 Å². The van der Waals surface area contributed by atoms with E-state index in [1.165, 1.54) is 25.6 Å². The molecule has 36 heavy (non-hydrogen) atoms. The van der Waals surface area contributed by atoms with Crippen molar-refractivity contribution >= 4 is 22.8 Å². The lowest BCUT2D eigenvalue weighted by molar-refractivity contribution is -0.129. The predicted molar refractivity (Wildman–Crippen MR) is 132 cm³/mol. The number of aryl methyl sites for hydroxylation is 1. The van der Waals surface area contributed by atoms with Crippen molar-refractivity contribution in [2.75, 3.05) is 26.8 Å². The van der Waals surface area contributed by atoms with Crippen LogP contribution in [0.15, 0.2) is 18.5 Å². The number of aromatic nitrogens is 3. The van der Waals surface area contributed by atoms with Crippen LogP contribution in [-0.2, 0) is 4.79 Å². The number of hydrogen-bond donors (Lipinski definition) is 2. The molecule has 0 unspecified atom stereocenters. The van der Waals surface area contributed by atoms with Crippen LogP contribution in [0.1, 0.15) is 48.7 Å². The Balaban J connectivity index is 1.46. The van der Waals surface area contributed by atoms with E-state index >= 15 is 0 Å². The van der Waals surface area contributed by atoms with E-state index in [0.717, 1.165) is 12.8 Å². The van der Waals surface area contributed by atoms with Crippen LogP contribution in [0.3, 0.4) is 0 Å². The molecule has 2 fully saturated rings. The van der Waals surface area contributed by atoms with Gasteiger partial charge in [0.05, 0.1) is 24.8 Å². The van der Waals surface area contributed by atoms with Gasteiger partial charge in [0, 0.05) is 43.4 Å². The molecule has 1 saturated heterocycles. The first-order valence-electron chi connectivity index (χ1n) is 12.3. The van der Waals surface area contributed by atoms with Crippen LogP contribution in [0.2, 0.25) is 0 Å². The highest BCUT2D eigenvalue weighted by molar-refractivity contribution is 6.09. The van der Waals surface area contributed by atoms with E-state index in [4.69, 9.17) is 9.47 Å². The zero-order valence-electron chi connectivity index (χ0n) is 20.7. The number of aromatic amines is 1. The molecule has 9 nitrogen and oxygen atoms in total. The number of H-pyrrole nitrogens is 1. The van der Waals surface area contributed by atoms with Gasteiger partial charge in [0.15, 0.2) is 11.6 Å². The fourth-order valence-electron chi connectivity index (χ4n) is 4.69. The van der Waals surface area contributed by atoms with E-state index in [9.17, 15) is 14.0 Å². The minimum Gasteiger partial charge on any atom is -0.494 e. The Labute approximate surface area is 208 Å². The van der Waals surface area contributed by atoms with Crippen LogP contribution in [0.4, 0.5) is 4.39 Å². The smallest absolute Gasteiger partial charge is 0.255 e. The highest BCUT2D eigenvalue weighted by Gasteiger charge is 2.27. The molecule has 2 N–H and O–H groups in total. The Morgan fingerprint density at radius 3 is 2.58 bits per heavy atom. The molecule has 2 aromatic heterocycles. The second kappa shape index (κ2) is 9.75. The molecule has 0 atom stereocenters. The lowest BCUT2D eigenvalue weighted by atomic mass is 10.0. The number of methoxy groups -OCH3 is 1. The maximum absolute atomic E-state index is 14.8. The molecular weight excluding hydrogens is 465 g/mol. The Hall–Kier alpha value is -3.69. The number of piperidine rings is 1. The van der Waals surface area contributed by atoms with Crippen molar-refractivity contribution in [3.05, 3.63) is 35.5 Å². The third kappa shape index (κ3) is 4.72. The minimum atomic E-state index is -0.531. The number of amides is 2. The van der Waals surface area contributed by atoms with Crippen LogP contribution in [0.5, 0.6) is 11.5 Å². The van der Waals surface area contributed by atoms with Crippen LogP contribution in [0.25, 0.3) is 22.3 Å². The summed E-state index contributed by atoms with van der Waals surface area (Å²) in [5.41, 5.74) is 2.97. The molecule has 1 saturated carbocycles. The molecule has 0 spiro atoms. The van der Waals surface area contributed by atoms with Crippen LogP contribution >= 0.6 is 0 Å². The number of ether oxygens (including phenoxy) is 2. The summed E-state index contributed by atoms with van der Waals surface area (Å²) in [6, 6.07) is 2.86. The second-order valence-corrected chi connectivity index (χ2v) is 9.56. The van der Waals surface area contributed by atoms with Gasteiger partial charge in [0.2, 0.25) is 5.91 Å². The van der Waals surface area contributed by atoms with Crippen molar-refractivity contribution in [3.63, 3.8) is 0 Å². The van der Waals surface area contributed by atoms with Gasteiger partial charge in [0.1, 0.15) is 23.3 Å². The number of benzene rings is 1. The van der Waals surface area contributed by atoms with Crippen molar-refractivity contribution in [2.45, 2.75) is 45.6 Å². The van der Waals surface area contributed by atoms with Crippen LogP contribution < -0.4 is 14.8 Å². The third-order valence-electron chi connectivity index (χ3n) is 6.95. The molecule has 0 bridgehead atoms. The number of likely N-dealkylation sites (tertiary alicyclic amines) is 1. The van der Waals surface area contributed by atoms with E-state index in [2.05, 4.69) is 20.3 Å². The molecule has 190 valence electrons. The number of carbonyl (C=O) groups excluding carboxylic acids is 2. The van der Waals surface area contributed by atoms with Gasteiger partial charge in [-0.3, -0.25) is 9.59 Å².